The third-order valence-electron chi connectivity index (χ3n) is 3.58. The molecule has 0 amide bonds. The van der Waals surface area contributed by atoms with E-state index in [9.17, 15) is 10.2 Å². The standard InChI is InChI=1S/C16H34O2S3/c1-5-9-13(17)11-15(7-3)19-21-20-16(8-4)12-14(18)10-6-2/h13-18H,5-12H2,1-4H3. The van der Waals surface area contributed by atoms with Gasteiger partial charge in [0, 0.05) is 10.5 Å². The van der Waals surface area contributed by atoms with Crippen molar-refractivity contribution in [1.29, 1.82) is 0 Å². The van der Waals surface area contributed by atoms with Gasteiger partial charge in [-0.3, -0.25) is 0 Å². The molecule has 5 heteroatoms. The highest BCUT2D eigenvalue weighted by molar-refractivity contribution is 9.09. The van der Waals surface area contributed by atoms with E-state index in [1.165, 1.54) is 0 Å². The Kier molecular flexibility index (Phi) is 15.2. The van der Waals surface area contributed by atoms with Crippen LogP contribution in [0, 0.1) is 0 Å². The van der Waals surface area contributed by atoms with E-state index >= 15 is 0 Å². The Labute approximate surface area is 143 Å². The Balaban J connectivity index is 3.94. The van der Waals surface area contributed by atoms with Gasteiger partial charge in [0.2, 0.25) is 0 Å². The summed E-state index contributed by atoms with van der Waals surface area (Å²) in [5.74, 6) is 0. The van der Waals surface area contributed by atoms with E-state index in [4.69, 9.17) is 0 Å². The molecule has 0 aromatic heterocycles. The molecule has 0 aromatic carbocycles. The van der Waals surface area contributed by atoms with Crippen molar-refractivity contribution in [2.75, 3.05) is 0 Å². The van der Waals surface area contributed by atoms with Crippen molar-refractivity contribution in [3.8, 4) is 0 Å². The third kappa shape index (κ3) is 12.1. The van der Waals surface area contributed by atoms with Gasteiger partial charge in [-0.2, -0.15) is 0 Å². The van der Waals surface area contributed by atoms with Gasteiger partial charge in [-0.25, -0.2) is 0 Å². The molecule has 0 aliphatic rings. The number of hydrogen-bond acceptors (Lipinski definition) is 5. The summed E-state index contributed by atoms with van der Waals surface area (Å²) in [6.45, 7) is 8.64. The van der Waals surface area contributed by atoms with Crippen LogP contribution in [-0.4, -0.2) is 32.9 Å². The van der Waals surface area contributed by atoms with Crippen LogP contribution >= 0.6 is 31.4 Å². The number of rotatable bonds is 14. The lowest BCUT2D eigenvalue weighted by molar-refractivity contribution is 0.152. The van der Waals surface area contributed by atoms with E-state index < -0.39 is 0 Å². The summed E-state index contributed by atoms with van der Waals surface area (Å²) in [5, 5.41) is 20.9. The summed E-state index contributed by atoms with van der Waals surface area (Å²) in [5.41, 5.74) is 0. The number of aliphatic hydroxyl groups excluding tert-OH is 2. The smallest absolute Gasteiger partial charge is 0.0551 e. The van der Waals surface area contributed by atoms with E-state index in [1.54, 1.807) is 0 Å². The van der Waals surface area contributed by atoms with Crippen molar-refractivity contribution in [2.24, 2.45) is 0 Å². The summed E-state index contributed by atoms with van der Waals surface area (Å²) < 4.78 is 0. The number of aliphatic hydroxyl groups is 2. The molecule has 4 unspecified atom stereocenters. The molecular formula is C16H34O2S3. The van der Waals surface area contributed by atoms with Crippen LogP contribution in [-0.2, 0) is 0 Å². The second-order valence-corrected chi connectivity index (χ2v) is 10.3. The molecule has 0 heterocycles. The van der Waals surface area contributed by atoms with Gasteiger partial charge in [-0.15, -0.1) is 0 Å². The maximum Gasteiger partial charge on any atom is 0.0551 e. The molecule has 0 aliphatic carbocycles. The van der Waals surface area contributed by atoms with Gasteiger partial charge in [-0.05, 0) is 48.4 Å². The third-order valence-corrected chi connectivity index (χ3v) is 8.85. The van der Waals surface area contributed by atoms with Crippen LogP contribution < -0.4 is 0 Å². The lowest BCUT2D eigenvalue weighted by atomic mass is 10.1. The molecule has 0 spiro atoms. The molecule has 0 fully saturated rings. The molecule has 2 N–H and O–H groups in total. The molecule has 21 heavy (non-hydrogen) atoms. The number of hydrogen-bond donors (Lipinski definition) is 2. The van der Waals surface area contributed by atoms with E-state index in [0.717, 1.165) is 51.4 Å². The Hall–Kier alpha value is 0.970. The highest BCUT2D eigenvalue weighted by atomic mass is 33.5. The van der Waals surface area contributed by atoms with Crippen molar-refractivity contribution >= 4 is 31.4 Å². The molecule has 0 aliphatic heterocycles. The van der Waals surface area contributed by atoms with Crippen molar-refractivity contribution < 1.29 is 10.2 Å². The fourth-order valence-electron chi connectivity index (χ4n) is 2.19. The minimum Gasteiger partial charge on any atom is -0.393 e. The van der Waals surface area contributed by atoms with Crippen LogP contribution in [0.4, 0.5) is 0 Å². The predicted octanol–water partition coefficient (Wildman–Crippen LogP) is 5.68. The van der Waals surface area contributed by atoms with Crippen molar-refractivity contribution in [3.05, 3.63) is 0 Å². The summed E-state index contributed by atoms with van der Waals surface area (Å²) in [4.78, 5) is 0. The second kappa shape index (κ2) is 14.6. The maximum absolute atomic E-state index is 9.92. The second-order valence-electron chi connectivity index (χ2n) is 5.68. The average Bonchev–Trinajstić information content (AvgIpc) is 2.45. The Morgan fingerprint density at radius 2 is 1.10 bits per heavy atom. The molecule has 0 bridgehead atoms. The topological polar surface area (TPSA) is 40.5 Å². The Morgan fingerprint density at radius 1 is 0.714 bits per heavy atom. The molecule has 0 saturated carbocycles. The van der Waals surface area contributed by atoms with Gasteiger partial charge in [0.05, 0.1) is 12.2 Å². The highest BCUT2D eigenvalue weighted by Gasteiger charge is 2.17. The van der Waals surface area contributed by atoms with Crippen molar-refractivity contribution in [2.45, 2.75) is 102 Å². The summed E-state index contributed by atoms with van der Waals surface area (Å²) >= 11 is 0. The lowest BCUT2D eigenvalue weighted by Gasteiger charge is -2.20. The first-order chi connectivity index (χ1) is 10.1. The van der Waals surface area contributed by atoms with Crippen LogP contribution in [0.1, 0.15) is 79.1 Å². The minimum atomic E-state index is -0.147. The molecule has 128 valence electrons. The van der Waals surface area contributed by atoms with Gasteiger partial charge in [-0.1, -0.05) is 62.1 Å². The zero-order valence-electron chi connectivity index (χ0n) is 14.1. The van der Waals surface area contributed by atoms with E-state index in [0.29, 0.717) is 10.5 Å². The molecule has 2 nitrogen and oxygen atoms in total. The Morgan fingerprint density at radius 3 is 1.38 bits per heavy atom. The summed E-state index contributed by atoms with van der Waals surface area (Å²) in [7, 11) is 5.65. The first-order valence-corrected chi connectivity index (χ1v) is 12.0. The average molecular weight is 355 g/mol. The lowest BCUT2D eigenvalue weighted by Crippen LogP contribution is -2.14. The van der Waals surface area contributed by atoms with Gasteiger partial charge < -0.3 is 10.2 Å². The summed E-state index contributed by atoms with van der Waals surface area (Å²) in [6.07, 6.45) is 7.65. The monoisotopic (exact) mass is 354 g/mol. The molecule has 0 rings (SSSR count). The first kappa shape index (κ1) is 22.0. The Bertz CT molecular complexity index is 208. The van der Waals surface area contributed by atoms with Crippen LogP contribution in [0.5, 0.6) is 0 Å². The largest absolute Gasteiger partial charge is 0.393 e. The normalized spacial score (nSPS) is 17.4. The molecule has 0 aromatic rings. The van der Waals surface area contributed by atoms with Gasteiger partial charge in [0.1, 0.15) is 0 Å². The molecular weight excluding hydrogens is 320 g/mol. The summed E-state index contributed by atoms with van der Waals surface area (Å²) in [6, 6.07) is 0. The quantitative estimate of drug-likeness (QED) is 0.393. The molecule has 0 saturated heterocycles. The fraction of sp³-hybridized carbons (Fsp3) is 1.00. The first-order valence-electron chi connectivity index (χ1n) is 8.42. The van der Waals surface area contributed by atoms with E-state index in [-0.39, 0.29) is 12.2 Å². The molecule has 4 atom stereocenters. The zero-order valence-corrected chi connectivity index (χ0v) is 16.5. The van der Waals surface area contributed by atoms with Gasteiger partial charge in [0.15, 0.2) is 0 Å². The predicted molar refractivity (Wildman–Crippen MR) is 102 cm³/mol. The van der Waals surface area contributed by atoms with Gasteiger partial charge in [0.25, 0.3) is 0 Å². The van der Waals surface area contributed by atoms with Crippen molar-refractivity contribution in [1.82, 2.24) is 0 Å². The van der Waals surface area contributed by atoms with Crippen LogP contribution in [0.3, 0.4) is 0 Å². The van der Waals surface area contributed by atoms with Crippen LogP contribution in [0.15, 0.2) is 0 Å². The van der Waals surface area contributed by atoms with E-state index in [1.807, 2.05) is 31.4 Å². The van der Waals surface area contributed by atoms with Crippen LogP contribution in [0.2, 0.25) is 0 Å². The van der Waals surface area contributed by atoms with Crippen LogP contribution in [0.25, 0.3) is 0 Å². The SMILES string of the molecule is CCCC(O)CC(CC)SSSC(CC)CC(O)CCC. The highest BCUT2D eigenvalue weighted by Crippen LogP contribution is 2.44. The van der Waals surface area contributed by atoms with Gasteiger partial charge >= 0.3 is 0 Å². The van der Waals surface area contributed by atoms with E-state index in [2.05, 4.69) is 27.7 Å². The zero-order chi connectivity index (χ0) is 16.1. The fourth-order valence-corrected chi connectivity index (χ4v) is 7.83. The van der Waals surface area contributed by atoms with Crippen molar-refractivity contribution in [3.63, 3.8) is 0 Å². The minimum absolute atomic E-state index is 0.147. The molecule has 0 radical (unpaired) electrons. The maximum atomic E-state index is 9.92.